The fourth-order valence-electron chi connectivity index (χ4n) is 2.40. The molecule has 10 heteroatoms. The predicted octanol–water partition coefficient (Wildman–Crippen LogP) is 4.61. The summed E-state index contributed by atoms with van der Waals surface area (Å²) in [4.78, 5) is 13.5. The van der Waals surface area contributed by atoms with E-state index < -0.39 is 22.9 Å². The number of nitrogens with zero attached hydrogens (tertiary/aromatic N) is 3. The van der Waals surface area contributed by atoms with Gasteiger partial charge in [0.15, 0.2) is 5.16 Å². The summed E-state index contributed by atoms with van der Waals surface area (Å²) in [6.45, 7) is 1.67. The molecular weight excluding hydrogens is 409 g/mol. The van der Waals surface area contributed by atoms with Gasteiger partial charge < -0.3 is 9.88 Å². The molecule has 0 spiro atoms. The van der Waals surface area contributed by atoms with Crippen molar-refractivity contribution in [2.24, 2.45) is 7.05 Å². The first-order valence-corrected chi connectivity index (χ1v) is 10.1. The number of amides is 1. The molecule has 0 aliphatic rings. The van der Waals surface area contributed by atoms with Crippen molar-refractivity contribution >= 4 is 34.7 Å². The summed E-state index contributed by atoms with van der Waals surface area (Å²) in [5.74, 6) is 0.363. The lowest BCUT2D eigenvalue weighted by Gasteiger charge is -2.13. The Morgan fingerprint density at radius 2 is 2.07 bits per heavy atom. The molecule has 0 bridgehead atoms. The van der Waals surface area contributed by atoms with Crippen molar-refractivity contribution < 1.29 is 18.0 Å². The number of rotatable bonds is 6. The number of aromatic nitrogens is 3. The minimum atomic E-state index is -4.46. The van der Waals surface area contributed by atoms with Crippen LogP contribution in [0.3, 0.4) is 0 Å². The van der Waals surface area contributed by atoms with E-state index in [-0.39, 0.29) is 5.69 Å². The van der Waals surface area contributed by atoms with Gasteiger partial charge in [0.2, 0.25) is 5.91 Å². The number of hydrogen-bond donors (Lipinski definition) is 1. The third kappa shape index (κ3) is 4.93. The van der Waals surface area contributed by atoms with Crippen LogP contribution in [-0.2, 0) is 24.4 Å². The number of benzene rings is 1. The van der Waals surface area contributed by atoms with Crippen LogP contribution in [0.5, 0.6) is 0 Å². The molecule has 1 aromatic carbocycles. The van der Waals surface area contributed by atoms with Crippen LogP contribution in [0.25, 0.3) is 0 Å². The maximum Gasteiger partial charge on any atom is 0.416 e. The smallest absolute Gasteiger partial charge is 0.325 e. The molecule has 1 unspecified atom stereocenters. The van der Waals surface area contributed by atoms with Gasteiger partial charge in [-0.15, -0.1) is 21.5 Å². The summed E-state index contributed by atoms with van der Waals surface area (Å²) in [5, 5.41) is 12.8. The molecule has 148 valence electrons. The Morgan fingerprint density at radius 3 is 2.75 bits per heavy atom. The SMILES string of the molecule is CC(Sc1nnc(Cc2cccs2)n1C)C(=O)Nc1cccc(C(F)(F)F)c1. The number of alkyl halides is 3. The largest absolute Gasteiger partial charge is 0.416 e. The maximum atomic E-state index is 12.8. The fraction of sp³-hybridized carbons (Fsp3) is 0.278. The van der Waals surface area contributed by atoms with Gasteiger partial charge in [0.25, 0.3) is 0 Å². The highest BCUT2D eigenvalue weighted by Crippen LogP contribution is 2.31. The number of halogens is 3. The zero-order chi connectivity index (χ0) is 20.3. The number of carbonyl (C=O) groups is 1. The first-order chi connectivity index (χ1) is 13.2. The number of thiophene rings is 1. The lowest BCUT2D eigenvalue weighted by molar-refractivity contribution is -0.137. The lowest BCUT2D eigenvalue weighted by atomic mass is 10.2. The summed E-state index contributed by atoms with van der Waals surface area (Å²) in [7, 11) is 1.82. The Kier molecular flexibility index (Phi) is 6.09. The van der Waals surface area contributed by atoms with Crippen molar-refractivity contribution in [3.05, 3.63) is 58.0 Å². The fourth-order valence-corrected chi connectivity index (χ4v) is 3.93. The molecule has 2 aromatic heterocycles. The van der Waals surface area contributed by atoms with Crippen LogP contribution in [0.1, 0.15) is 23.2 Å². The van der Waals surface area contributed by atoms with Crippen molar-refractivity contribution in [2.45, 2.75) is 29.9 Å². The van der Waals surface area contributed by atoms with Gasteiger partial charge in [-0.25, -0.2) is 0 Å². The summed E-state index contributed by atoms with van der Waals surface area (Å²) in [6.07, 6.45) is -3.81. The Hall–Kier alpha value is -2.33. The number of nitrogens with one attached hydrogen (secondary N) is 1. The highest BCUT2D eigenvalue weighted by Gasteiger charge is 2.30. The molecule has 0 fully saturated rings. The van der Waals surface area contributed by atoms with Crippen molar-refractivity contribution in [1.29, 1.82) is 0 Å². The van der Waals surface area contributed by atoms with E-state index in [9.17, 15) is 18.0 Å². The second kappa shape index (κ2) is 8.36. The van der Waals surface area contributed by atoms with E-state index in [1.165, 1.54) is 23.9 Å². The van der Waals surface area contributed by atoms with Crippen molar-refractivity contribution in [2.75, 3.05) is 5.32 Å². The normalized spacial score (nSPS) is 12.8. The second-order valence-corrected chi connectivity index (χ2v) is 8.38. The number of anilines is 1. The van der Waals surface area contributed by atoms with Gasteiger partial charge in [-0.3, -0.25) is 4.79 Å². The van der Waals surface area contributed by atoms with E-state index in [0.717, 1.165) is 22.8 Å². The average molecular weight is 426 g/mol. The quantitative estimate of drug-likeness (QED) is 0.585. The topological polar surface area (TPSA) is 59.8 Å². The van der Waals surface area contributed by atoms with Crippen molar-refractivity contribution in [3.63, 3.8) is 0 Å². The van der Waals surface area contributed by atoms with E-state index >= 15 is 0 Å². The first-order valence-electron chi connectivity index (χ1n) is 8.29. The van der Waals surface area contributed by atoms with Gasteiger partial charge in [-0.1, -0.05) is 23.9 Å². The Balaban J connectivity index is 1.64. The van der Waals surface area contributed by atoms with Crippen LogP contribution < -0.4 is 5.32 Å². The molecule has 2 heterocycles. The maximum absolute atomic E-state index is 12.8. The molecule has 28 heavy (non-hydrogen) atoms. The first kappa shape index (κ1) is 20.4. The summed E-state index contributed by atoms with van der Waals surface area (Å²) in [5.41, 5.74) is -0.708. The molecule has 3 rings (SSSR count). The van der Waals surface area contributed by atoms with E-state index in [2.05, 4.69) is 15.5 Å². The molecule has 0 saturated carbocycles. The zero-order valence-electron chi connectivity index (χ0n) is 15.0. The molecule has 1 amide bonds. The van der Waals surface area contributed by atoms with Crippen LogP contribution >= 0.6 is 23.1 Å². The molecule has 0 aliphatic heterocycles. The highest BCUT2D eigenvalue weighted by molar-refractivity contribution is 8.00. The van der Waals surface area contributed by atoms with E-state index in [1.807, 2.05) is 29.1 Å². The highest BCUT2D eigenvalue weighted by atomic mass is 32.2. The van der Waals surface area contributed by atoms with E-state index in [0.29, 0.717) is 11.6 Å². The molecule has 3 aromatic rings. The number of hydrogen-bond acceptors (Lipinski definition) is 5. The van der Waals surface area contributed by atoms with Gasteiger partial charge in [0.05, 0.1) is 10.8 Å². The summed E-state index contributed by atoms with van der Waals surface area (Å²) in [6, 6.07) is 8.53. The standard InChI is InChI=1S/C18H17F3N4OS2/c1-11(16(26)22-13-6-3-5-12(9-13)18(19,20)21)28-17-24-23-15(25(17)2)10-14-7-4-8-27-14/h3-9,11H,10H2,1-2H3,(H,22,26). The second-order valence-electron chi connectivity index (χ2n) is 6.04. The molecule has 1 N–H and O–H groups in total. The zero-order valence-corrected chi connectivity index (χ0v) is 16.7. The predicted molar refractivity (Wildman–Crippen MR) is 104 cm³/mol. The lowest BCUT2D eigenvalue weighted by Crippen LogP contribution is -2.23. The van der Waals surface area contributed by atoms with Gasteiger partial charge in [0.1, 0.15) is 5.82 Å². The molecule has 0 saturated heterocycles. The van der Waals surface area contributed by atoms with Gasteiger partial charge in [0, 0.05) is 24.0 Å². The van der Waals surface area contributed by atoms with Gasteiger partial charge in [-0.05, 0) is 36.6 Å². The Morgan fingerprint density at radius 1 is 1.29 bits per heavy atom. The average Bonchev–Trinajstić information content (AvgIpc) is 3.27. The molecule has 0 radical (unpaired) electrons. The molecule has 5 nitrogen and oxygen atoms in total. The van der Waals surface area contributed by atoms with Crippen molar-refractivity contribution in [1.82, 2.24) is 14.8 Å². The molecule has 0 aliphatic carbocycles. The van der Waals surface area contributed by atoms with Crippen LogP contribution in [0.2, 0.25) is 0 Å². The van der Waals surface area contributed by atoms with Crippen LogP contribution in [0.15, 0.2) is 46.9 Å². The number of thioether (sulfide) groups is 1. The summed E-state index contributed by atoms with van der Waals surface area (Å²) < 4.78 is 40.2. The van der Waals surface area contributed by atoms with Gasteiger partial charge in [-0.2, -0.15) is 13.2 Å². The third-order valence-corrected chi connectivity index (χ3v) is 5.96. The van der Waals surface area contributed by atoms with Crippen LogP contribution in [0, 0.1) is 0 Å². The minimum Gasteiger partial charge on any atom is -0.325 e. The number of carbonyl (C=O) groups excluding carboxylic acids is 1. The third-order valence-electron chi connectivity index (χ3n) is 3.95. The Bertz CT molecular complexity index is 954. The summed E-state index contributed by atoms with van der Waals surface area (Å²) >= 11 is 2.83. The van der Waals surface area contributed by atoms with Gasteiger partial charge >= 0.3 is 6.18 Å². The molecular formula is C18H17F3N4OS2. The van der Waals surface area contributed by atoms with E-state index in [1.54, 1.807) is 18.3 Å². The van der Waals surface area contributed by atoms with Crippen LogP contribution in [0.4, 0.5) is 18.9 Å². The van der Waals surface area contributed by atoms with Crippen LogP contribution in [-0.4, -0.2) is 25.9 Å². The monoisotopic (exact) mass is 426 g/mol. The minimum absolute atomic E-state index is 0.101. The van der Waals surface area contributed by atoms with E-state index in [4.69, 9.17) is 0 Å². The molecule has 1 atom stereocenters. The Labute approximate surface area is 168 Å². The van der Waals surface area contributed by atoms with Crippen molar-refractivity contribution in [3.8, 4) is 0 Å².